The second-order valence-electron chi connectivity index (χ2n) is 4.92. The third-order valence-corrected chi connectivity index (χ3v) is 2.89. The minimum absolute atomic E-state index is 0.0317. The number of pyridine rings is 1. The minimum atomic E-state index is 0.0317. The minimum Gasteiger partial charge on any atom is -0.496 e. The quantitative estimate of drug-likeness (QED) is 0.854. The summed E-state index contributed by atoms with van der Waals surface area (Å²) in [5, 5.41) is 3.25. The monoisotopic (exact) mass is 287 g/mol. The molecule has 0 spiro atoms. The molecule has 3 N–H and O–H groups in total. The first-order valence-corrected chi connectivity index (χ1v) is 6.89. The molecule has 0 aliphatic rings. The fraction of sp³-hybridized carbons (Fsp3) is 0.312. The number of methoxy groups -OCH3 is 1. The Morgan fingerprint density at radius 2 is 1.95 bits per heavy atom. The number of hydrogen-bond donors (Lipinski definition) is 2. The van der Waals surface area contributed by atoms with Gasteiger partial charge in [-0.3, -0.25) is 0 Å². The van der Waals surface area contributed by atoms with Gasteiger partial charge in [-0.1, -0.05) is 18.2 Å². The van der Waals surface area contributed by atoms with E-state index in [9.17, 15) is 0 Å². The van der Waals surface area contributed by atoms with Crippen LogP contribution in [0.4, 0.5) is 11.5 Å². The summed E-state index contributed by atoms with van der Waals surface area (Å²) in [4.78, 5) is 4.38. The van der Waals surface area contributed by atoms with Crippen molar-refractivity contribution >= 4 is 11.5 Å². The van der Waals surface area contributed by atoms with Crippen LogP contribution in [0.15, 0.2) is 36.4 Å². The molecule has 0 radical (unpaired) electrons. The molecule has 112 valence electrons. The Balaban J connectivity index is 2.09. The Kier molecular flexibility index (Phi) is 4.87. The molecule has 21 heavy (non-hydrogen) atoms. The largest absolute Gasteiger partial charge is 0.496 e. The van der Waals surface area contributed by atoms with Crippen LogP contribution in [-0.2, 0) is 6.54 Å². The van der Waals surface area contributed by atoms with E-state index in [1.807, 2.05) is 44.2 Å². The van der Waals surface area contributed by atoms with Crippen LogP contribution in [0.5, 0.6) is 11.6 Å². The van der Waals surface area contributed by atoms with Crippen LogP contribution in [0.1, 0.15) is 19.4 Å². The maximum absolute atomic E-state index is 5.86. The molecule has 1 heterocycles. The number of nitrogens with zero attached hydrogens (tertiary/aromatic N) is 1. The lowest BCUT2D eigenvalue weighted by atomic mass is 10.2. The molecule has 0 atom stereocenters. The van der Waals surface area contributed by atoms with Gasteiger partial charge in [0.1, 0.15) is 11.6 Å². The Hall–Kier alpha value is -2.43. The smallest absolute Gasteiger partial charge is 0.239 e. The van der Waals surface area contributed by atoms with Crippen LogP contribution in [0.25, 0.3) is 0 Å². The lowest BCUT2D eigenvalue weighted by Gasteiger charge is -2.14. The predicted molar refractivity (Wildman–Crippen MR) is 84.7 cm³/mol. The highest BCUT2D eigenvalue weighted by Crippen LogP contribution is 2.23. The van der Waals surface area contributed by atoms with E-state index in [4.69, 9.17) is 15.2 Å². The molecule has 0 amide bonds. The summed E-state index contributed by atoms with van der Waals surface area (Å²) in [7, 11) is 1.66. The molecule has 0 aliphatic carbocycles. The number of anilines is 2. The molecule has 1 aromatic heterocycles. The van der Waals surface area contributed by atoms with Crippen LogP contribution >= 0.6 is 0 Å². The fourth-order valence-electron chi connectivity index (χ4n) is 1.90. The number of ether oxygens (including phenoxy) is 2. The summed E-state index contributed by atoms with van der Waals surface area (Å²) in [6.45, 7) is 4.49. The first-order valence-electron chi connectivity index (χ1n) is 6.89. The number of hydrogen-bond acceptors (Lipinski definition) is 5. The van der Waals surface area contributed by atoms with Crippen molar-refractivity contribution in [1.82, 2.24) is 4.98 Å². The third-order valence-electron chi connectivity index (χ3n) is 2.89. The average Bonchev–Trinajstić information content (AvgIpc) is 2.48. The molecule has 5 heteroatoms. The van der Waals surface area contributed by atoms with E-state index >= 15 is 0 Å². The van der Waals surface area contributed by atoms with Crippen molar-refractivity contribution in [2.75, 3.05) is 18.2 Å². The van der Waals surface area contributed by atoms with Gasteiger partial charge in [0.25, 0.3) is 0 Å². The molecule has 0 bridgehead atoms. The topological polar surface area (TPSA) is 69.4 Å². The van der Waals surface area contributed by atoms with E-state index < -0.39 is 0 Å². The van der Waals surface area contributed by atoms with Crippen molar-refractivity contribution < 1.29 is 9.47 Å². The highest BCUT2D eigenvalue weighted by molar-refractivity contribution is 5.54. The van der Waals surface area contributed by atoms with Crippen LogP contribution in [-0.4, -0.2) is 18.2 Å². The third kappa shape index (κ3) is 4.02. The van der Waals surface area contributed by atoms with E-state index in [0.717, 1.165) is 11.3 Å². The summed E-state index contributed by atoms with van der Waals surface area (Å²) in [5.74, 6) is 2.01. The standard InChI is InChI=1S/C16H21N3O2/c1-11(2)21-16-13(17)8-9-15(19-16)18-10-12-6-4-5-7-14(12)20-3/h4-9,11H,10,17H2,1-3H3,(H,18,19). The van der Waals surface area contributed by atoms with Gasteiger partial charge in [0, 0.05) is 12.1 Å². The van der Waals surface area contributed by atoms with Crippen LogP contribution in [0.3, 0.4) is 0 Å². The predicted octanol–water partition coefficient (Wildman–Crippen LogP) is 3.07. The molecule has 0 unspecified atom stereocenters. The van der Waals surface area contributed by atoms with Gasteiger partial charge in [-0.15, -0.1) is 0 Å². The summed E-state index contributed by atoms with van der Waals surface area (Å²) in [5.41, 5.74) is 7.45. The summed E-state index contributed by atoms with van der Waals surface area (Å²) < 4.78 is 10.9. The molecule has 0 fully saturated rings. The van der Waals surface area contributed by atoms with E-state index in [-0.39, 0.29) is 6.10 Å². The Morgan fingerprint density at radius 1 is 1.19 bits per heavy atom. The van der Waals surface area contributed by atoms with Gasteiger partial charge in [0.15, 0.2) is 0 Å². The average molecular weight is 287 g/mol. The maximum atomic E-state index is 5.86. The second kappa shape index (κ2) is 6.83. The van der Waals surface area contributed by atoms with Crippen molar-refractivity contribution in [2.24, 2.45) is 0 Å². The van der Waals surface area contributed by atoms with Crippen molar-refractivity contribution in [3.8, 4) is 11.6 Å². The van der Waals surface area contributed by atoms with Crippen LogP contribution in [0, 0.1) is 0 Å². The van der Waals surface area contributed by atoms with E-state index in [1.165, 1.54) is 0 Å². The molecule has 2 rings (SSSR count). The van der Waals surface area contributed by atoms with Gasteiger partial charge >= 0.3 is 0 Å². The number of aromatic nitrogens is 1. The number of nitrogen functional groups attached to an aromatic ring is 1. The van der Waals surface area contributed by atoms with Gasteiger partial charge in [0.05, 0.1) is 18.9 Å². The van der Waals surface area contributed by atoms with Gasteiger partial charge in [-0.2, -0.15) is 4.98 Å². The van der Waals surface area contributed by atoms with Gasteiger partial charge in [-0.25, -0.2) is 0 Å². The maximum Gasteiger partial charge on any atom is 0.239 e. The summed E-state index contributed by atoms with van der Waals surface area (Å²) in [6.07, 6.45) is 0.0317. The zero-order valence-electron chi connectivity index (χ0n) is 12.6. The van der Waals surface area contributed by atoms with E-state index in [0.29, 0.717) is 23.9 Å². The Morgan fingerprint density at radius 3 is 2.67 bits per heavy atom. The SMILES string of the molecule is COc1ccccc1CNc1ccc(N)c(OC(C)C)n1. The number of benzene rings is 1. The highest BCUT2D eigenvalue weighted by atomic mass is 16.5. The highest BCUT2D eigenvalue weighted by Gasteiger charge is 2.07. The van der Waals surface area contributed by atoms with Gasteiger partial charge in [-0.05, 0) is 32.0 Å². The van der Waals surface area contributed by atoms with Crippen molar-refractivity contribution in [1.29, 1.82) is 0 Å². The molecular weight excluding hydrogens is 266 g/mol. The summed E-state index contributed by atoms with van der Waals surface area (Å²) in [6, 6.07) is 11.5. The molecule has 0 saturated heterocycles. The summed E-state index contributed by atoms with van der Waals surface area (Å²) >= 11 is 0. The first kappa shape index (κ1) is 15.0. The number of rotatable bonds is 6. The first-order chi connectivity index (χ1) is 10.1. The molecule has 1 aromatic carbocycles. The zero-order chi connectivity index (χ0) is 15.2. The van der Waals surface area contributed by atoms with E-state index in [2.05, 4.69) is 10.3 Å². The Bertz CT molecular complexity index is 600. The van der Waals surface area contributed by atoms with Crippen molar-refractivity contribution in [3.05, 3.63) is 42.0 Å². The van der Waals surface area contributed by atoms with Crippen molar-refractivity contribution in [3.63, 3.8) is 0 Å². The molecule has 5 nitrogen and oxygen atoms in total. The fourth-order valence-corrected chi connectivity index (χ4v) is 1.90. The number of para-hydroxylation sites is 1. The zero-order valence-corrected chi connectivity index (χ0v) is 12.6. The number of nitrogens with two attached hydrogens (primary N) is 1. The van der Waals surface area contributed by atoms with Crippen LogP contribution < -0.4 is 20.5 Å². The Labute approximate surface area is 125 Å². The lowest BCUT2D eigenvalue weighted by molar-refractivity contribution is 0.234. The second-order valence-corrected chi connectivity index (χ2v) is 4.92. The molecule has 2 aromatic rings. The van der Waals surface area contributed by atoms with Crippen molar-refractivity contribution in [2.45, 2.75) is 26.5 Å². The van der Waals surface area contributed by atoms with Gasteiger partial charge in [0.2, 0.25) is 5.88 Å². The van der Waals surface area contributed by atoms with Crippen LogP contribution in [0.2, 0.25) is 0 Å². The molecular formula is C16H21N3O2. The lowest BCUT2D eigenvalue weighted by Crippen LogP contribution is -2.10. The normalized spacial score (nSPS) is 10.5. The molecule has 0 aliphatic heterocycles. The van der Waals surface area contributed by atoms with E-state index in [1.54, 1.807) is 13.2 Å². The molecule has 0 saturated carbocycles. The number of nitrogens with one attached hydrogen (secondary N) is 1. The van der Waals surface area contributed by atoms with Gasteiger partial charge < -0.3 is 20.5 Å².